The van der Waals surface area contributed by atoms with Gasteiger partial charge in [-0.1, -0.05) is 49.6 Å². The molecule has 4 heteroatoms. The number of ketones is 1. The van der Waals surface area contributed by atoms with Gasteiger partial charge in [0.05, 0.1) is 13.0 Å². The molecule has 0 saturated heterocycles. The number of benzene rings is 1. The number of nitrogens with two attached hydrogens (primary N) is 1. The molecule has 4 nitrogen and oxygen atoms in total. The molecule has 0 bridgehead atoms. The summed E-state index contributed by atoms with van der Waals surface area (Å²) in [5.74, 6) is 5.23. The van der Waals surface area contributed by atoms with E-state index in [1.54, 1.807) is 0 Å². The number of hydrazone groups is 1. The average molecular weight is 262 g/mol. The highest BCUT2D eigenvalue weighted by atomic mass is 16.5. The van der Waals surface area contributed by atoms with Gasteiger partial charge in [-0.3, -0.25) is 4.79 Å². The minimum Gasteiger partial charge on any atom is -0.483 e. The maximum atomic E-state index is 12.5. The van der Waals surface area contributed by atoms with Crippen LogP contribution in [0.4, 0.5) is 0 Å². The second-order valence-corrected chi connectivity index (χ2v) is 4.60. The van der Waals surface area contributed by atoms with Gasteiger partial charge in [-0.2, -0.15) is 0 Å². The van der Waals surface area contributed by atoms with Crippen LogP contribution in [0.1, 0.15) is 42.1 Å². The molecule has 1 rings (SSSR count). The molecule has 0 aliphatic carbocycles. The van der Waals surface area contributed by atoms with Crippen molar-refractivity contribution in [3.8, 4) is 0 Å². The van der Waals surface area contributed by atoms with Crippen LogP contribution in [-0.2, 0) is 4.74 Å². The molecule has 104 valence electrons. The van der Waals surface area contributed by atoms with E-state index in [9.17, 15) is 4.79 Å². The number of rotatable bonds is 6. The topological polar surface area (TPSA) is 64.7 Å². The predicted molar refractivity (Wildman–Crippen MR) is 77.2 cm³/mol. The number of ether oxygens (including phenoxy) is 1. The van der Waals surface area contributed by atoms with E-state index in [4.69, 9.17) is 10.6 Å². The Hall–Kier alpha value is -1.84. The number of aryl methyl sites for hydroxylation is 1. The number of methoxy groups -OCH3 is 1. The summed E-state index contributed by atoms with van der Waals surface area (Å²) >= 11 is 0. The highest BCUT2D eigenvalue weighted by Crippen LogP contribution is 2.18. The van der Waals surface area contributed by atoms with Crippen LogP contribution in [-0.4, -0.2) is 18.8 Å². The third-order valence-electron chi connectivity index (χ3n) is 3.13. The highest BCUT2D eigenvalue weighted by molar-refractivity contribution is 6.10. The number of carbonyl (C=O) groups excluding carboxylic acids is 1. The molecule has 19 heavy (non-hydrogen) atoms. The van der Waals surface area contributed by atoms with Crippen molar-refractivity contribution in [1.29, 1.82) is 0 Å². The Bertz CT molecular complexity index is 438. The van der Waals surface area contributed by atoms with Crippen molar-refractivity contribution < 1.29 is 9.53 Å². The largest absolute Gasteiger partial charge is 0.483 e. The molecule has 0 amide bonds. The summed E-state index contributed by atoms with van der Waals surface area (Å²) in [6, 6.07) is 7.52. The SMILES string of the molecule is CCCCC(C(=O)c1ccc(C)cc1)C(=NN)OC. The first-order valence-electron chi connectivity index (χ1n) is 6.56. The Morgan fingerprint density at radius 1 is 1.37 bits per heavy atom. The number of carbonyl (C=O) groups is 1. The summed E-state index contributed by atoms with van der Waals surface area (Å²) in [5, 5.41) is 3.60. The molecular formula is C15H22N2O2. The Kier molecular flexibility index (Phi) is 6.06. The second kappa shape index (κ2) is 7.56. The lowest BCUT2D eigenvalue weighted by atomic mass is 9.92. The molecule has 0 aliphatic heterocycles. The van der Waals surface area contributed by atoms with Crippen LogP contribution in [0.25, 0.3) is 0 Å². The van der Waals surface area contributed by atoms with Gasteiger partial charge in [0, 0.05) is 5.56 Å². The molecule has 0 spiro atoms. The fourth-order valence-electron chi connectivity index (χ4n) is 1.98. The maximum Gasteiger partial charge on any atom is 0.216 e. The van der Waals surface area contributed by atoms with Crippen molar-refractivity contribution >= 4 is 11.7 Å². The zero-order valence-corrected chi connectivity index (χ0v) is 11.8. The molecule has 1 aromatic rings. The van der Waals surface area contributed by atoms with Crippen LogP contribution >= 0.6 is 0 Å². The molecule has 1 unspecified atom stereocenters. The van der Waals surface area contributed by atoms with Gasteiger partial charge in [0.1, 0.15) is 0 Å². The Morgan fingerprint density at radius 2 is 2.00 bits per heavy atom. The molecule has 0 heterocycles. The van der Waals surface area contributed by atoms with Crippen LogP contribution < -0.4 is 5.84 Å². The third-order valence-corrected chi connectivity index (χ3v) is 3.13. The van der Waals surface area contributed by atoms with E-state index in [1.807, 2.05) is 31.2 Å². The summed E-state index contributed by atoms with van der Waals surface area (Å²) in [7, 11) is 1.49. The summed E-state index contributed by atoms with van der Waals surface area (Å²) in [6.07, 6.45) is 2.65. The Balaban J connectivity index is 2.96. The van der Waals surface area contributed by atoms with Gasteiger partial charge in [0.2, 0.25) is 5.90 Å². The first-order valence-corrected chi connectivity index (χ1v) is 6.56. The standard InChI is InChI=1S/C15H22N2O2/c1-4-5-6-13(15(17-16)19-3)14(18)12-9-7-11(2)8-10-12/h7-10,13H,4-6,16H2,1-3H3. The lowest BCUT2D eigenvalue weighted by Gasteiger charge is -2.16. The van der Waals surface area contributed by atoms with E-state index < -0.39 is 5.92 Å². The number of unbranched alkanes of at least 4 members (excludes halogenated alkanes) is 1. The van der Waals surface area contributed by atoms with Crippen molar-refractivity contribution in [3.05, 3.63) is 35.4 Å². The number of hydrogen-bond acceptors (Lipinski definition) is 4. The van der Waals surface area contributed by atoms with Gasteiger partial charge in [-0.25, -0.2) is 0 Å². The monoisotopic (exact) mass is 262 g/mol. The fraction of sp³-hybridized carbons (Fsp3) is 0.467. The second-order valence-electron chi connectivity index (χ2n) is 4.60. The molecule has 1 aromatic carbocycles. The van der Waals surface area contributed by atoms with Crippen molar-refractivity contribution in [2.45, 2.75) is 33.1 Å². The van der Waals surface area contributed by atoms with E-state index in [-0.39, 0.29) is 5.78 Å². The van der Waals surface area contributed by atoms with E-state index in [0.29, 0.717) is 17.9 Å². The van der Waals surface area contributed by atoms with Gasteiger partial charge in [-0.05, 0) is 13.3 Å². The van der Waals surface area contributed by atoms with Gasteiger partial charge < -0.3 is 10.6 Å². The van der Waals surface area contributed by atoms with Crippen LogP contribution in [0.15, 0.2) is 29.4 Å². The van der Waals surface area contributed by atoms with E-state index >= 15 is 0 Å². The van der Waals surface area contributed by atoms with Crippen LogP contribution in [0.5, 0.6) is 0 Å². The van der Waals surface area contributed by atoms with Crippen molar-refractivity contribution in [2.75, 3.05) is 7.11 Å². The third kappa shape index (κ3) is 4.09. The van der Waals surface area contributed by atoms with Crippen molar-refractivity contribution in [2.24, 2.45) is 16.9 Å². The molecule has 0 fully saturated rings. The normalized spacial score (nSPS) is 13.1. The van der Waals surface area contributed by atoms with Gasteiger partial charge in [-0.15, -0.1) is 5.10 Å². The highest BCUT2D eigenvalue weighted by Gasteiger charge is 2.26. The van der Waals surface area contributed by atoms with Crippen LogP contribution in [0.2, 0.25) is 0 Å². The lowest BCUT2D eigenvalue weighted by molar-refractivity contribution is 0.0936. The van der Waals surface area contributed by atoms with E-state index in [1.165, 1.54) is 7.11 Å². The number of nitrogens with zero attached hydrogens (tertiary/aromatic N) is 1. The number of Topliss-reactive ketones (excluding diaryl/α,β-unsaturated/α-hetero) is 1. The summed E-state index contributed by atoms with van der Waals surface area (Å²) in [5.41, 5.74) is 1.80. The zero-order valence-electron chi connectivity index (χ0n) is 11.8. The first-order chi connectivity index (χ1) is 9.13. The summed E-state index contributed by atoms with van der Waals surface area (Å²) in [6.45, 7) is 4.07. The molecule has 1 atom stereocenters. The number of hydrogen-bond donors (Lipinski definition) is 1. The average Bonchev–Trinajstić information content (AvgIpc) is 2.43. The van der Waals surface area contributed by atoms with Gasteiger partial charge >= 0.3 is 0 Å². The van der Waals surface area contributed by atoms with E-state index in [2.05, 4.69) is 12.0 Å². The minimum atomic E-state index is -0.391. The smallest absolute Gasteiger partial charge is 0.216 e. The zero-order chi connectivity index (χ0) is 14.3. The Labute approximate surface area is 114 Å². The molecule has 0 saturated carbocycles. The first kappa shape index (κ1) is 15.2. The quantitative estimate of drug-likeness (QED) is 0.282. The maximum absolute atomic E-state index is 12.5. The lowest BCUT2D eigenvalue weighted by Crippen LogP contribution is -2.27. The molecule has 0 radical (unpaired) electrons. The molecule has 2 N–H and O–H groups in total. The predicted octanol–water partition coefficient (Wildman–Crippen LogP) is 2.90. The molecule has 0 aliphatic rings. The fourth-order valence-corrected chi connectivity index (χ4v) is 1.98. The van der Waals surface area contributed by atoms with Crippen molar-refractivity contribution in [1.82, 2.24) is 0 Å². The van der Waals surface area contributed by atoms with Crippen LogP contribution in [0, 0.1) is 12.8 Å². The van der Waals surface area contributed by atoms with E-state index in [0.717, 1.165) is 18.4 Å². The summed E-state index contributed by atoms with van der Waals surface area (Å²) < 4.78 is 5.13. The van der Waals surface area contributed by atoms with Crippen LogP contribution in [0.3, 0.4) is 0 Å². The van der Waals surface area contributed by atoms with Gasteiger partial charge in [0.25, 0.3) is 0 Å². The van der Waals surface area contributed by atoms with Crippen molar-refractivity contribution in [3.63, 3.8) is 0 Å². The van der Waals surface area contributed by atoms with Gasteiger partial charge in [0.15, 0.2) is 5.78 Å². The molecule has 0 aromatic heterocycles. The Morgan fingerprint density at radius 3 is 2.47 bits per heavy atom. The molecular weight excluding hydrogens is 240 g/mol. The minimum absolute atomic E-state index is 0.0134. The summed E-state index contributed by atoms with van der Waals surface area (Å²) in [4.78, 5) is 12.5.